The highest BCUT2D eigenvalue weighted by Gasteiger charge is 2.32. The van der Waals surface area contributed by atoms with Gasteiger partial charge in [-0.15, -0.1) is 11.3 Å². The van der Waals surface area contributed by atoms with E-state index in [2.05, 4.69) is 4.98 Å². The molecule has 3 rings (SSSR count). The lowest BCUT2D eigenvalue weighted by atomic mass is 9.95. The molecule has 1 amide bonds. The van der Waals surface area contributed by atoms with Gasteiger partial charge >= 0.3 is 6.18 Å². The number of carbonyl (C=O) groups is 1. The second-order valence-corrected chi connectivity index (χ2v) is 7.02. The van der Waals surface area contributed by atoms with Gasteiger partial charge in [0, 0.05) is 30.0 Å². The minimum atomic E-state index is -4.40. The number of aromatic nitrogens is 1. The van der Waals surface area contributed by atoms with Gasteiger partial charge in [-0.1, -0.05) is 12.1 Å². The van der Waals surface area contributed by atoms with Crippen molar-refractivity contribution < 1.29 is 28.2 Å². The Hall–Kier alpha value is -1.97. The van der Waals surface area contributed by atoms with Crippen LogP contribution in [0.1, 0.15) is 22.5 Å². The number of amides is 1. The molecule has 1 saturated heterocycles. The van der Waals surface area contributed by atoms with Crippen molar-refractivity contribution in [3.05, 3.63) is 40.9 Å². The number of nitrogens with zero attached hydrogens (tertiary/aromatic N) is 2. The molecular formula is C17H17F3N2O3S. The van der Waals surface area contributed by atoms with Crippen LogP contribution in [-0.4, -0.2) is 51.8 Å². The van der Waals surface area contributed by atoms with Crippen molar-refractivity contribution in [3.63, 3.8) is 0 Å². The number of alkyl halides is 3. The van der Waals surface area contributed by atoms with Crippen molar-refractivity contribution in [2.45, 2.75) is 18.7 Å². The molecule has 2 atom stereocenters. The average Bonchev–Trinajstić information content (AvgIpc) is 3.11. The molecule has 140 valence electrons. The molecule has 2 N–H and O–H groups in total. The zero-order valence-corrected chi connectivity index (χ0v) is 14.4. The first-order valence-electron chi connectivity index (χ1n) is 8.01. The summed E-state index contributed by atoms with van der Waals surface area (Å²) in [5.74, 6) is -0.703. The summed E-state index contributed by atoms with van der Waals surface area (Å²) in [6, 6.07) is 4.62. The number of piperidine rings is 1. The van der Waals surface area contributed by atoms with Gasteiger partial charge in [-0.05, 0) is 18.6 Å². The number of aliphatic hydroxyl groups excluding tert-OH is 2. The molecule has 1 aliphatic rings. The summed E-state index contributed by atoms with van der Waals surface area (Å²) in [4.78, 5) is 18.3. The maximum Gasteiger partial charge on any atom is 0.416 e. The number of benzene rings is 1. The van der Waals surface area contributed by atoms with Gasteiger partial charge in [0.15, 0.2) is 0 Å². The van der Waals surface area contributed by atoms with Gasteiger partial charge in [-0.2, -0.15) is 13.2 Å². The summed E-state index contributed by atoms with van der Waals surface area (Å²) in [7, 11) is 0. The van der Waals surface area contributed by atoms with Crippen molar-refractivity contribution in [1.82, 2.24) is 9.88 Å². The van der Waals surface area contributed by atoms with E-state index >= 15 is 0 Å². The smallest absolute Gasteiger partial charge is 0.396 e. The monoisotopic (exact) mass is 386 g/mol. The van der Waals surface area contributed by atoms with Crippen molar-refractivity contribution in [2.24, 2.45) is 5.92 Å². The van der Waals surface area contributed by atoms with E-state index in [1.807, 2.05) is 0 Å². The first-order valence-corrected chi connectivity index (χ1v) is 8.89. The van der Waals surface area contributed by atoms with Crippen LogP contribution < -0.4 is 0 Å². The summed E-state index contributed by atoms with van der Waals surface area (Å²) in [6.45, 7) is 0.395. The first kappa shape index (κ1) is 18.8. The molecular weight excluding hydrogens is 369 g/mol. The standard InChI is InChI=1S/C17H17F3N2O3S/c18-17(19,20)12-3-1-10(2-4-12)15-21-13(9-26-15)16(25)22-6-5-14(24)11(7-22)8-23/h1-4,9,11,14,23-24H,5-8H2/t11-,14-/m0/s1. The third-order valence-electron chi connectivity index (χ3n) is 4.40. The Morgan fingerprint density at radius 2 is 2.00 bits per heavy atom. The molecule has 0 bridgehead atoms. The molecule has 1 aromatic carbocycles. The number of halogens is 3. The molecule has 0 radical (unpaired) electrons. The molecule has 0 unspecified atom stereocenters. The van der Waals surface area contributed by atoms with Gasteiger partial charge in [-0.3, -0.25) is 4.79 Å². The predicted molar refractivity (Wildman–Crippen MR) is 89.7 cm³/mol. The third-order valence-corrected chi connectivity index (χ3v) is 5.29. The van der Waals surface area contributed by atoms with E-state index in [1.165, 1.54) is 28.4 Å². The molecule has 0 aliphatic carbocycles. The summed E-state index contributed by atoms with van der Waals surface area (Å²) < 4.78 is 37.9. The molecule has 9 heteroatoms. The molecule has 0 spiro atoms. The van der Waals surface area contributed by atoms with Crippen molar-refractivity contribution >= 4 is 17.2 Å². The van der Waals surface area contributed by atoms with Gasteiger partial charge in [0.25, 0.3) is 5.91 Å². The van der Waals surface area contributed by atoms with E-state index in [0.717, 1.165) is 12.1 Å². The lowest BCUT2D eigenvalue weighted by molar-refractivity contribution is -0.137. The Morgan fingerprint density at radius 3 is 2.62 bits per heavy atom. The van der Waals surface area contributed by atoms with Gasteiger partial charge in [0.2, 0.25) is 0 Å². The molecule has 26 heavy (non-hydrogen) atoms. The fourth-order valence-electron chi connectivity index (χ4n) is 2.85. The van der Waals surface area contributed by atoms with E-state index < -0.39 is 17.8 Å². The lowest BCUT2D eigenvalue weighted by Crippen LogP contribution is -2.47. The van der Waals surface area contributed by atoms with Gasteiger partial charge in [0.05, 0.1) is 18.3 Å². The Morgan fingerprint density at radius 1 is 1.31 bits per heavy atom. The predicted octanol–water partition coefficient (Wildman–Crippen LogP) is 2.64. The molecule has 2 heterocycles. The van der Waals surface area contributed by atoms with E-state index in [9.17, 15) is 28.2 Å². The number of aliphatic hydroxyl groups is 2. The van der Waals surface area contributed by atoms with Crippen LogP contribution in [0, 0.1) is 5.92 Å². The lowest BCUT2D eigenvalue weighted by Gasteiger charge is -2.34. The molecule has 2 aromatic rings. The highest BCUT2D eigenvalue weighted by atomic mass is 32.1. The topological polar surface area (TPSA) is 73.7 Å². The highest BCUT2D eigenvalue weighted by Crippen LogP contribution is 2.32. The Labute approximate surface area is 151 Å². The maximum absolute atomic E-state index is 12.6. The number of hydrogen-bond acceptors (Lipinski definition) is 5. The van der Waals surface area contributed by atoms with Crippen molar-refractivity contribution in [3.8, 4) is 10.6 Å². The summed E-state index contributed by atoms with van der Waals surface area (Å²) in [5.41, 5.74) is -0.0293. The largest absolute Gasteiger partial charge is 0.416 e. The van der Waals surface area contributed by atoms with Crippen LogP contribution >= 0.6 is 11.3 Å². The second-order valence-electron chi connectivity index (χ2n) is 6.16. The van der Waals surface area contributed by atoms with Crippen LogP contribution in [0.15, 0.2) is 29.6 Å². The minimum Gasteiger partial charge on any atom is -0.396 e. The number of thiazole rings is 1. The molecule has 1 fully saturated rings. The zero-order chi connectivity index (χ0) is 18.9. The van der Waals surface area contributed by atoms with Crippen molar-refractivity contribution in [2.75, 3.05) is 19.7 Å². The maximum atomic E-state index is 12.6. The summed E-state index contributed by atoms with van der Waals surface area (Å²) >= 11 is 1.18. The number of carbonyl (C=O) groups excluding carboxylic acids is 1. The van der Waals surface area contributed by atoms with Crippen LogP contribution in [0.3, 0.4) is 0 Å². The van der Waals surface area contributed by atoms with Gasteiger partial charge in [-0.25, -0.2) is 4.98 Å². The molecule has 5 nitrogen and oxygen atoms in total. The number of likely N-dealkylation sites (tertiary alicyclic amines) is 1. The van der Waals surface area contributed by atoms with Gasteiger partial charge in [0.1, 0.15) is 10.7 Å². The zero-order valence-electron chi connectivity index (χ0n) is 13.6. The first-order chi connectivity index (χ1) is 12.3. The third kappa shape index (κ3) is 3.89. The Kier molecular flexibility index (Phi) is 5.31. The van der Waals surface area contributed by atoms with Crippen molar-refractivity contribution in [1.29, 1.82) is 0 Å². The SMILES string of the molecule is O=C(c1csc(-c2ccc(C(F)(F)F)cc2)n1)N1CC[C@H](O)[C@H](CO)C1. The van der Waals surface area contributed by atoms with Gasteiger partial charge < -0.3 is 15.1 Å². The van der Waals surface area contributed by atoms with Crippen LogP contribution in [0.5, 0.6) is 0 Å². The molecule has 1 aliphatic heterocycles. The second kappa shape index (κ2) is 7.34. The van der Waals surface area contributed by atoms with Crippen LogP contribution in [0.2, 0.25) is 0 Å². The molecule has 0 saturated carbocycles. The quantitative estimate of drug-likeness (QED) is 0.851. The average molecular weight is 386 g/mol. The number of hydrogen-bond donors (Lipinski definition) is 2. The Bertz CT molecular complexity index is 776. The van der Waals surface area contributed by atoms with E-state index in [-0.39, 0.29) is 30.7 Å². The summed E-state index contributed by atoms with van der Waals surface area (Å²) in [6.07, 6.45) is -4.65. The minimum absolute atomic E-state index is 0.206. The van der Waals surface area contributed by atoms with Crippen LogP contribution in [0.4, 0.5) is 13.2 Å². The number of rotatable bonds is 3. The fourth-order valence-corrected chi connectivity index (χ4v) is 3.65. The Balaban J connectivity index is 1.74. The highest BCUT2D eigenvalue weighted by molar-refractivity contribution is 7.13. The molecule has 1 aromatic heterocycles. The summed E-state index contributed by atoms with van der Waals surface area (Å²) in [5, 5.41) is 21.1. The van der Waals surface area contributed by atoms with Crippen LogP contribution in [-0.2, 0) is 6.18 Å². The van der Waals surface area contributed by atoms with E-state index in [4.69, 9.17) is 0 Å². The van der Waals surface area contributed by atoms with E-state index in [0.29, 0.717) is 23.5 Å². The van der Waals surface area contributed by atoms with Crippen LogP contribution in [0.25, 0.3) is 10.6 Å². The fraction of sp³-hybridized carbons (Fsp3) is 0.412. The van der Waals surface area contributed by atoms with E-state index in [1.54, 1.807) is 5.38 Å². The normalized spacial score (nSPS) is 21.0.